The molecule has 17 heavy (non-hydrogen) atoms. The van der Waals surface area contributed by atoms with Crippen molar-refractivity contribution in [3.8, 4) is 0 Å². The summed E-state index contributed by atoms with van der Waals surface area (Å²) in [6, 6.07) is 0. The van der Waals surface area contributed by atoms with Crippen LogP contribution in [0.2, 0.25) is 0 Å². The van der Waals surface area contributed by atoms with E-state index in [-0.39, 0.29) is 0 Å². The molecule has 1 aliphatic rings. The maximum Gasteiger partial charge on any atom is 0.195 e. The Balaban J connectivity index is 1.78. The van der Waals surface area contributed by atoms with Gasteiger partial charge in [-0.3, -0.25) is 5.10 Å². The summed E-state index contributed by atoms with van der Waals surface area (Å²) in [5.41, 5.74) is 0. The zero-order valence-electron chi connectivity index (χ0n) is 10.6. The van der Waals surface area contributed by atoms with Gasteiger partial charge < -0.3 is 9.30 Å². The van der Waals surface area contributed by atoms with Crippen LogP contribution in [-0.4, -0.2) is 28.0 Å². The highest BCUT2D eigenvalue weighted by Crippen LogP contribution is 2.38. The fourth-order valence-electron chi connectivity index (χ4n) is 1.84. The van der Waals surface area contributed by atoms with Crippen LogP contribution in [0.15, 0.2) is 0 Å². The van der Waals surface area contributed by atoms with Crippen molar-refractivity contribution in [3.05, 3.63) is 10.6 Å². The van der Waals surface area contributed by atoms with E-state index in [2.05, 4.69) is 28.6 Å². The summed E-state index contributed by atoms with van der Waals surface area (Å²) in [6.07, 6.45) is 3.51. The first kappa shape index (κ1) is 12.8. The monoisotopic (exact) mass is 255 g/mol. The molecule has 1 aromatic heterocycles. The van der Waals surface area contributed by atoms with Crippen LogP contribution in [0.1, 0.15) is 44.9 Å². The molecule has 1 saturated carbocycles. The van der Waals surface area contributed by atoms with Crippen LogP contribution in [0.5, 0.6) is 0 Å². The Morgan fingerprint density at radius 1 is 1.53 bits per heavy atom. The highest BCUT2D eigenvalue weighted by Gasteiger charge is 2.28. The van der Waals surface area contributed by atoms with Gasteiger partial charge in [0.1, 0.15) is 5.82 Å². The fourth-order valence-corrected chi connectivity index (χ4v) is 2.07. The number of rotatable bonds is 7. The maximum absolute atomic E-state index is 5.57. The van der Waals surface area contributed by atoms with Crippen molar-refractivity contribution in [2.45, 2.75) is 45.6 Å². The summed E-state index contributed by atoms with van der Waals surface area (Å²) in [6.45, 7) is 6.88. The molecule has 0 spiro atoms. The minimum atomic E-state index is 0.605. The van der Waals surface area contributed by atoms with Crippen LogP contribution in [0, 0.1) is 10.7 Å². The topological polar surface area (TPSA) is 42.8 Å². The van der Waals surface area contributed by atoms with E-state index in [9.17, 15) is 0 Å². The summed E-state index contributed by atoms with van der Waals surface area (Å²) in [5, 5.41) is 7.20. The molecule has 0 amide bonds. The van der Waals surface area contributed by atoms with Crippen LogP contribution in [0.4, 0.5) is 0 Å². The molecule has 0 aromatic carbocycles. The van der Waals surface area contributed by atoms with Crippen LogP contribution >= 0.6 is 12.2 Å². The first-order valence-electron chi connectivity index (χ1n) is 6.41. The van der Waals surface area contributed by atoms with Gasteiger partial charge in [0.15, 0.2) is 4.77 Å². The highest BCUT2D eigenvalue weighted by atomic mass is 32.1. The quantitative estimate of drug-likeness (QED) is 0.602. The van der Waals surface area contributed by atoms with Gasteiger partial charge in [-0.25, -0.2) is 0 Å². The Bertz CT molecular complexity index is 406. The SMILES string of the molecule is CC(C)COCCCn1c(C2CC2)n[nH]c1=S. The van der Waals surface area contributed by atoms with Crippen molar-refractivity contribution in [1.82, 2.24) is 14.8 Å². The van der Waals surface area contributed by atoms with Gasteiger partial charge in [0, 0.05) is 25.7 Å². The van der Waals surface area contributed by atoms with Gasteiger partial charge in [-0.05, 0) is 37.4 Å². The van der Waals surface area contributed by atoms with Crippen LogP contribution in [0.25, 0.3) is 0 Å². The molecular weight excluding hydrogens is 234 g/mol. The molecule has 1 aromatic rings. The fraction of sp³-hybridized carbons (Fsp3) is 0.833. The predicted octanol–water partition coefficient (Wildman–Crippen LogP) is 2.88. The number of nitrogens with zero attached hydrogens (tertiary/aromatic N) is 2. The van der Waals surface area contributed by atoms with E-state index in [1.54, 1.807) is 0 Å². The molecule has 5 heteroatoms. The lowest BCUT2D eigenvalue weighted by molar-refractivity contribution is 0.105. The Morgan fingerprint density at radius 2 is 2.29 bits per heavy atom. The number of hydrogen-bond donors (Lipinski definition) is 1. The lowest BCUT2D eigenvalue weighted by Crippen LogP contribution is -2.08. The van der Waals surface area contributed by atoms with Crippen molar-refractivity contribution < 1.29 is 4.74 Å². The molecule has 1 heterocycles. The van der Waals surface area contributed by atoms with E-state index in [1.165, 1.54) is 12.8 Å². The second-order valence-corrected chi connectivity index (χ2v) is 5.52. The van der Waals surface area contributed by atoms with E-state index >= 15 is 0 Å². The molecule has 1 aliphatic carbocycles. The van der Waals surface area contributed by atoms with Crippen molar-refractivity contribution in [2.24, 2.45) is 5.92 Å². The molecule has 0 atom stereocenters. The minimum absolute atomic E-state index is 0.605. The first-order valence-corrected chi connectivity index (χ1v) is 6.82. The van der Waals surface area contributed by atoms with Crippen LogP contribution in [0.3, 0.4) is 0 Å². The number of ether oxygens (including phenoxy) is 1. The van der Waals surface area contributed by atoms with Gasteiger partial charge in [0.25, 0.3) is 0 Å². The third kappa shape index (κ3) is 3.64. The maximum atomic E-state index is 5.57. The molecule has 0 bridgehead atoms. The number of H-pyrrole nitrogens is 1. The van der Waals surface area contributed by atoms with E-state index in [1.807, 2.05) is 0 Å². The minimum Gasteiger partial charge on any atom is -0.381 e. The van der Waals surface area contributed by atoms with Crippen molar-refractivity contribution >= 4 is 12.2 Å². The summed E-state index contributed by atoms with van der Waals surface area (Å²) >= 11 is 5.24. The molecule has 0 unspecified atom stereocenters. The smallest absolute Gasteiger partial charge is 0.195 e. The Labute approximate surface area is 107 Å². The van der Waals surface area contributed by atoms with Crippen molar-refractivity contribution in [1.29, 1.82) is 0 Å². The number of aromatic nitrogens is 3. The largest absolute Gasteiger partial charge is 0.381 e. The summed E-state index contributed by atoms with van der Waals surface area (Å²) < 4.78 is 8.45. The second-order valence-electron chi connectivity index (χ2n) is 5.14. The number of aromatic amines is 1. The van der Waals surface area contributed by atoms with Gasteiger partial charge in [0.05, 0.1) is 0 Å². The van der Waals surface area contributed by atoms with Crippen molar-refractivity contribution in [3.63, 3.8) is 0 Å². The zero-order valence-corrected chi connectivity index (χ0v) is 11.4. The summed E-state index contributed by atoms with van der Waals surface area (Å²) in [4.78, 5) is 0. The second kappa shape index (κ2) is 5.78. The molecule has 0 saturated heterocycles. The average molecular weight is 255 g/mol. The molecule has 0 aliphatic heterocycles. The molecule has 0 radical (unpaired) electrons. The Kier molecular flexibility index (Phi) is 4.34. The zero-order chi connectivity index (χ0) is 12.3. The number of nitrogens with one attached hydrogen (secondary N) is 1. The van der Waals surface area contributed by atoms with Gasteiger partial charge in [-0.1, -0.05) is 13.8 Å². The van der Waals surface area contributed by atoms with E-state index in [0.717, 1.165) is 36.8 Å². The molecule has 1 N–H and O–H groups in total. The average Bonchev–Trinajstić information content (AvgIpc) is 3.04. The normalized spacial score (nSPS) is 15.7. The van der Waals surface area contributed by atoms with E-state index < -0.39 is 0 Å². The third-order valence-corrected chi connectivity index (χ3v) is 3.16. The molecule has 1 fully saturated rings. The lowest BCUT2D eigenvalue weighted by atomic mass is 10.2. The predicted molar refractivity (Wildman–Crippen MR) is 69.7 cm³/mol. The molecule has 96 valence electrons. The third-order valence-electron chi connectivity index (χ3n) is 2.85. The highest BCUT2D eigenvalue weighted by molar-refractivity contribution is 7.71. The van der Waals surface area contributed by atoms with Gasteiger partial charge >= 0.3 is 0 Å². The van der Waals surface area contributed by atoms with Crippen LogP contribution < -0.4 is 0 Å². The summed E-state index contributed by atoms with van der Waals surface area (Å²) in [5.74, 6) is 2.38. The van der Waals surface area contributed by atoms with E-state index in [4.69, 9.17) is 17.0 Å². The van der Waals surface area contributed by atoms with E-state index in [0.29, 0.717) is 11.8 Å². The number of hydrogen-bond acceptors (Lipinski definition) is 3. The standard InChI is InChI=1S/C12H21N3OS/c1-9(2)8-16-7-3-6-15-11(10-4-5-10)13-14-12(15)17/h9-10H,3-8H2,1-2H3,(H,14,17). The van der Waals surface area contributed by atoms with Gasteiger partial charge in [0.2, 0.25) is 0 Å². The first-order chi connectivity index (χ1) is 8.18. The van der Waals surface area contributed by atoms with Crippen molar-refractivity contribution in [2.75, 3.05) is 13.2 Å². The molecule has 2 rings (SSSR count). The summed E-state index contributed by atoms with van der Waals surface area (Å²) in [7, 11) is 0. The Morgan fingerprint density at radius 3 is 2.94 bits per heavy atom. The lowest BCUT2D eigenvalue weighted by Gasteiger charge is -2.08. The Hall–Kier alpha value is -0.680. The van der Waals surface area contributed by atoms with Crippen LogP contribution in [-0.2, 0) is 11.3 Å². The van der Waals surface area contributed by atoms with Gasteiger partial charge in [-0.15, -0.1) is 0 Å². The molecule has 4 nitrogen and oxygen atoms in total. The molecular formula is C12H21N3OS. The van der Waals surface area contributed by atoms with Gasteiger partial charge in [-0.2, -0.15) is 5.10 Å².